The van der Waals surface area contributed by atoms with Gasteiger partial charge in [-0.25, -0.2) is 0 Å². The quantitative estimate of drug-likeness (QED) is 0.0237. The molecule has 0 aliphatic rings. The second kappa shape index (κ2) is 102. The fraction of sp³-hybridized carbons (Fsp3) is 0.273. The van der Waals surface area contributed by atoms with Gasteiger partial charge in [-0.3, -0.25) is 39.9 Å². The minimum atomic E-state index is -1.08. The Kier molecular flexibility index (Phi) is 114. The number of aliphatic carboxylic acids is 4. The van der Waals surface area contributed by atoms with Crippen LogP contribution in [0.1, 0.15) is 97.9 Å². The maximum absolute atomic E-state index is 11.9. The summed E-state index contributed by atoms with van der Waals surface area (Å²) in [7, 11) is 11.7. The van der Waals surface area contributed by atoms with Crippen molar-refractivity contribution in [1.82, 2.24) is 0 Å². The number of isothiocyanates is 4. The summed E-state index contributed by atoms with van der Waals surface area (Å²) in [5.74, 6) is -3.27. The first-order valence-corrected chi connectivity index (χ1v) is 38.4. The third kappa shape index (κ3) is 75.7. The topological polar surface area (TPSA) is 607 Å². The number of nitrogens with zero attached hydrogens (tertiary/aromatic N) is 12. The molecule has 0 unspecified atom stereocenters. The molecule has 0 aliphatic carbocycles. The maximum atomic E-state index is 11.9. The summed E-state index contributed by atoms with van der Waals surface area (Å²) < 4.78 is 39.9. The van der Waals surface area contributed by atoms with Crippen LogP contribution in [0.2, 0.25) is 0 Å². The molecule has 0 heterocycles. The molecule has 0 N–H and O–H groups in total. The zero-order chi connectivity index (χ0) is 97.4. The third-order valence-corrected chi connectivity index (χ3v) is 14.0. The van der Waals surface area contributed by atoms with Crippen LogP contribution in [0.4, 0.5) is 0 Å². The predicted octanol–water partition coefficient (Wildman–Crippen LogP) is 4.76. The fourth-order valence-corrected chi connectivity index (χ4v) is 8.68. The largest absolute Gasteiger partial charge is 2.00 e. The van der Waals surface area contributed by atoms with E-state index in [9.17, 15) is 40.9 Å². The molecule has 8 rings (SSSR count). The molecule has 0 aromatic heterocycles. The Morgan fingerprint density at radius 3 is 0.404 bits per heavy atom. The van der Waals surface area contributed by atoms with Crippen molar-refractivity contribution in [3.05, 3.63) is 212 Å². The number of benzene rings is 8. The molecule has 0 atom stereocenters. The number of aliphatic imine (C=N–C) groups is 8. The molecule has 0 spiro atoms. The molecule has 8 aromatic carbocycles. The van der Waals surface area contributed by atoms with E-state index < -0.39 is 23.9 Å². The number of methoxy groups -OCH3 is 8. The van der Waals surface area contributed by atoms with E-state index in [2.05, 4.69) is 88.8 Å². The summed E-state index contributed by atoms with van der Waals surface area (Å²) in [6.45, 7) is 8.19. The van der Waals surface area contributed by atoms with Gasteiger partial charge in [-0.1, -0.05) is 192 Å². The first-order chi connectivity index (χ1) is 61.3. The number of carboxylic acids is 4. The Bertz CT molecular complexity index is 4160. The number of carbonyl (C=O) groups is 4. The van der Waals surface area contributed by atoms with Crippen LogP contribution >= 0.6 is 48.9 Å². The number of carboxylic acid groups (broad SMARTS) is 4. The molecule has 36 nitrogen and oxygen atoms in total. The van der Waals surface area contributed by atoms with E-state index in [0.717, 1.165) is 27.7 Å². The van der Waals surface area contributed by atoms with Crippen LogP contribution in [-0.4, -0.2) is 203 Å². The number of para-hydroxylation sites is 8. The third-order valence-electron chi connectivity index (χ3n) is 14.0. The molecule has 136 heavy (non-hydrogen) atoms. The van der Waals surface area contributed by atoms with Crippen molar-refractivity contribution in [3.63, 3.8) is 0 Å². The van der Waals surface area contributed by atoms with Crippen molar-refractivity contribution in [3.8, 4) is 92.0 Å². The van der Waals surface area contributed by atoms with Crippen molar-refractivity contribution < 1.29 is 294 Å². The summed E-state index contributed by atoms with van der Waals surface area (Å²) in [5.41, 5.74) is 3.96. The minimum Gasteiger partial charge on any atom is -0.870 e. The van der Waals surface area contributed by atoms with Crippen molar-refractivity contribution in [2.24, 2.45) is 39.9 Å². The Balaban J connectivity index is -0.000000135. The molecular weight excluding hydrogens is 2420 g/mol. The standard InChI is InChI=1S/4C19H22N2O4.4C2H4O2.4CNS.4Cd.4Ni/c4*1-24-16-8-3-6-14(18(16)22)12-20-10-5-11-21-13-15-7-4-9-17(25-2)19(15)23;4*1-2(3)4;4*2-1-3;;;;;;;;/h4*3-4,6-9,12-13,22-23H,5,10-11H2,1-2H3;4*1H3,(H,3,4);;;;;;;;;;;;/q;;;;;;;;4*-1;8*+2/p-12. The van der Waals surface area contributed by atoms with Gasteiger partial charge < -0.3 is 140 Å². The fourth-order valence-electron chi connectivity index (χ4n) is 8.68. The van der Waals surface area contributed by atoms with Gasteiger partial charge in [-0.15, -0.1) is 0 Å². The van der Waals surface area contributed by atoms with Crippen molar-refractivity contribution in [2.45, 2.75) is 53.4 Å². The predicted molar refractivity (Wildman–Crippen MR) is 484 cm³/mol. The Morgan fingerprint density at radius 2 is 0.331 bits per heavy atom. The minimum absolute atomic E-state index is 0. The molecule has 0 bridgehead atoms. The average Bonchev–Trinajstić information content (AvgIpc) is 0.911. The van der Waals surface area contributed by atoms with E-state index in [1.807, 2.05) is 0 Å². The van der Waals surface area contributed by atoms with Crippen molar-refractivity contribution >= 4 is 143 Å². The molecule has 0 saturated heterocycles. The second-order valence-electron chi connectivity index (χ2n) is 23.1. The van der Waals surface area contributed by atoms with Crippen LogP contribution in [0.5, 0.6) is 92.0 Å². The van der Waals surface area contributed by atoms with Crippen LogP contribution in [0, 0.1) is 0 Å². The van der Waals surface area contributed by atoms with Crippen LogP contribution in [0.25, 0.3) is 21.6 Å². The number of carbonyl (C=O) groups excluding carboxylic acids is 4. The average molecular weight is 2510 g/mol. The van der Waals surface area contributed by atoms with Gasteiger partial charge in [0.2, 0.25) is 0 Å². The van der Waals surface area contributed by atoms with Gasteiger partial charge in [0.1, 0.15) is 46.0 Å². The molecule has 720 valence electrons. The van der Waals surface area contributed by atoms with E-state index in [1.165, 1.54) is 77.5 Å². The molecule has 0 aliphatic heterocycles. The van der Waals surface area contributed by atoms with Gasteiger partial charge in [0.25, 0.3) is 0 Å². The number of hydrogen-bond donors (Lipinski definition) is 0. The first kappa shape index (κ1) is 152. The van der Waals surface area contributed by atoms with Gasteiger partial charge in [0.05, 0.1) is 56.9 Å². The molecule has 0 amide bonds. The molecule has 8 aromatic rings. The normalized spacial score (nSPS) is 9.26. The van der Waals surface area contributed by atoms with Gasteiger partial charge in [-0.05, 0) is 146 Å². The van der Waals surface area contributed by atoms with Gasteiger partial charge in [0.15, 0.2) is 0 Å². The summed E-state index contributed by atoms with van der Waals surface area (Å²) in [5, 5.41) is 165. The van der Waals surface area contributed by atoms with E-state index >= 15 is 0 Å². The number of rotatable bonds is 32. The molecule has 0 saturated carbocycles. The first-order valence-electron chi connectivity index (χ1n) is 36.7. The van der Waals surface area contributed by atoms with Gasteiger partial charge in [0, 0.05) is 126 Å². The number of thiocarbonyl (C=S) groups is 4. The second-order valence-corrected chi connectivity index (χ2v) is 23.8. The molecule has 0 fully saturated rings. The Labute approximate surface area is 932 Å². The Morgan fingerprint density at radius 1 is 0.250 bits per heavy atom. The summed E-state index contributed by atoms with van der Waals surface area (Å²) in [6.07, 6.45) is 15.2. The van der Waals surface area contributed by atoms with Crippen LogP contribution in [0.3, 0.4) is 0 Å². The number of ether oxygens (including phenoxy) is 8. The van der Waals surface area contributed by atoms with E-state index in [-0.39, 0.29) is 221 Å². The summed E-state index contributed by atoms with van der Waals surface area (Å²) >= 11 is 14.8. The monoisotopic (exact) mass is 2520 g/mol. The maximum Gasteiger partial charge on any atom is 2.00 e. The molecule has 48 heteroatoms. The summed E-state index contributed by atoms with van der Waals surface area (Å²) in [4.78, 5) is 69.4. The molecule has 0 radical (unpaired) electrons. The smallest absolute Gasteiger partial charge is 0.870 e. The summed E-state index contributed by atoms with van der Waals surface area (Å²) in [6, 6.07) is 40.6. The van der Waals surface area contributed by atoms with E-state index in [1.54, 1.807) is 195 Å². The van der Waals surface area contributed by atoms with Crippen LogP contribution in [0.15, 0.2) is 186 Å². The van der Waals surface area contributed by atoms with E-state index in [0.29, 0.717) is 169 Å². The SMILES string of the molecule is CC(=O)[O-].CC(=O)[O-].CC(=O)[O-].CC(=O)[O-].COc1cccc(C=NCCCN=Cc2cccc(OC)c2[O-])c1[O-].COc1cccc(C=NCCCN=Cc2cccc(OC)c2[O-])c1[O-].COc1cccc(C=NCCCN=Cc2cccc(OC)c2[O-])c1[O-].COc1cccc(C=NCCCN=Cc2cccc(OC)c2[O-])c1[O-].[Cd+2].[Cd+2].[Cd+2].[Cd+2].[N-]=C=S.[N-]=C=S.[N-]=C=S.[N-]=C=S.[Ni+2].[Ni+2].[Ni+2].[Ni+2]. The van der Waals surface area contributed by atoms with Crippen LogP contribution in [-0.2, 0) is 194 Å². The number of hydrogen-bond acceptors (Lipinski definition) is 36. The van der Waals surface area contributed by atoms with Crippen molar-refractivity contribution in [1.29, 1.82) is 0 Å². The molecular formula is C88H92Cd4N12Ni4O24S4. The van der Waals surface area contributed by atoms with Gasteiger partial charge in [-0.2, -0.15) is 20.6 Å². The zero-order valence-electron chi connectivity index (χ0n) is 75.9. The van der Waals surface area contributed by atoms with E-state index in [4.69, 9.17) is 99.1 Å². The van der Waals surface area contributed by atoms with Crippen molar-refractivity contribution in [2.75, 3.05) is 109 Å². The van der Waals surface area contributed by atoms with Gasteiger partial charge >= 0.3 is 175 Å². The van der Waals surface area contributed by atoms with Crippen LogP contribution < -0.4 is 99.2 Å². The zero-order valence-corrected chi connectivity index (χ0v) is 99.2. The Hall–Kier alpha value is -9.34.